The molecule has 2 N–H and O–H groups in total. The number of nitrogens with one attached hydrogen (secondary N) is 2. The lowest BCUT2D eigenvalue weighted by molar-refractivity contribution is 0.0977. The molecule has 1 aromatic carbocycles. The second-order valence-corrected chi connectivity index (χ2v) is 13.6. The van der Waals surface area contributed by atoms with E-state index in [9.17, 15) is 18.0 Å². The number of hydrogen-bond donors (Lipinski definition) is 2. The summed E-state index contributed by atoms with van der Waals surface area (Å²) < 4.78 is 27.0. The number of anilines is 3. The third-order valence-electron chi connectivity index (χ3n) is 8.15. The Hall–Kier alpha value is -4.30. The number of benzene rings is 1. The first-order valence-corrected chi connectivity index (χ1v) is 16.3. The quantitative estimate of drug-likeness (QED) is 0.287. The van der Waals surface area contributed by atoms with Crippen molar-refractivity contribution < 1.29 is 13.2 Å². The number of carbonyl (C=O) groups is 1. The van der Waals surface area contributed by atoms with Gasteiger partial charge in [-0.2, -0.15) is 0 Å². The molecule has 15 heteroatoms. The van der Waals surface area contributed by atoms with Crippen LogP contribution in [0.2, 0.25) is 5.15 Å². The first kappa shape index (κ1) is 29.8. The normalized spacial score (nSPS) is 18.6. The highest BCUT2D eigenvalue weighted by Gasteiger charge is 2.45. The molecule has 230 valence electrons. The fourth-order valence-electron chi connectivity index (χ4n) is 6.23. The number of hydrogen-bond acceptors (Lipinski definition) is 11. The van der Waals surface area contributed by atoms with Crippen molar-refractivity contribution in [3.05, 3.63) is 74.7 Å². The van der Waals surface area contributed by atoms with Gasteiger partial charge in [0.15, 0.2) is 5.69 Å². The monoisotopic (exact) mass is 637 g/mol. The maximum Gasteiger partial charge on any atom is 0.285 e. The second kappa shape index (κ2) is 11.0. The van der Waals surface area contributed by atoms with Crippen LogP contribution in [0.1, 0.15) is 46.7 Å². The number of amides is 1. The van der Waals surface area contributed by atoms with Gasteiger partial charge in [0.2, 0.25) is 16.0 Å². The van der Waals surface area contributed by atoms with Gasteiger partial charge in [-0.3, -0.25) is 19.1 Å². The molecule has 0 unspecified atom stereocenters. The van der Waals surface area contributed by atoms with Gasteiger partial charge in [0.1, 0.15) is 11.0 Å². The molecule has 0 radical (unpaired) electrons. The predicted octanol–water partition coefficient (Wildman–Crippen LogP) is 2.72. The number of rotatable bonds is 7. The molecule has 5 heterocycles. The van der Waals surface area contributed by atoms with Gasteiger partial charge < -0.3 is 15.1 Å². The van der Waals surface area contributed by atoms with Crippen LogP contribution in [0.3, 0.4) is 0 Å². The maximum absolute atomic E-state index is 13.8. The Morgan fingerprint density at radius 1 is 1.07 bits per heavy atom. The second-order valence-electron chi connectivity index (χ2n) is 11.4. The largest absolute Gasteiger partial charge is 0.377 e. The average molecular weight is 638 g/mol. The summed E-state index contributed by atoms with van der Waals surface area (Å²) in [6.07, 6.45) is 5.21. The number of sulfonamides is 1. The van der Waals surface area contributed by atoms with Gasteiger partial charge in [-0.05, 0) is 51.0 Å². The summed E-state index contributed by atoms with van der Waals surface area (Å²) in [5.41, 5.74) is 2.98. The number of piperazine rings is 1. The minimum absolute atomic E-state index is 0.0330. The summed E-state index contributed by atoms with van der Waals surface area (Å²) in [7, 11) is -2.09. The van der Waals surface area contributed by atoms with Crippen LogP contribution >= 0.6 is 11.6 Å². The SMILES string of the molecule is Cc1cc([C@@H](C)Nc2ccc(Cl)nc2C(=O)NS(C)(=O)=O)c2nc(N3C[C@H]4C[C@@H]3CN4c3nccnc3C)n(C)c(=O)c2c1. The van der Waals surface area contributed by atoms with Gasteiger partial charge in [-0.15, -0.1) is 0 Å². The summed E-state index contributed by atoms with van der Waals surface area (Å²) in [6.45, 7) is 7.18. The van der Waals surface area contributed by atoms with Crippen LogP contribution in [0.25, 0.3) is 10.9 Å². The van der Waals surface area contributed by atoms with E-state index in [4.69, 9.17) is 16.6 Å². The molecule has 3 atom stereocenters. The smallest absolute Gasteiger partial charge is 0.285 e. The molecular formula is C29H32ClN9O4S. The molecule has 2 aliphatic rings. The lowest BCUT2D eigenvalue weighted by atomic mass is 10.0. The lowest BCUT2D eigenvalue weighted by Gasteiger charge is -2.36. The van der Waals surface area contributed by atoms with Gasteiger partial charge >= 0.3 is 0 Å². The highest BCUT2D eigenvalue weighted by Crippen LogP contribution is 2.37. The van der Waals surface area contributed by atoms with Crippen LogP contribution in [-0.4, -0.2) is 70.3 Å². The zero-order chi connectivity index (χ0) is 31.5. The standard InChI is InChI=1S/C29H32ClN9O4S/c1-15-10-20(16(2)33-22-6-7-23(30)34-25(22)27(40)36-44(5,42)43)24-21(11-15)28(41)37(4)29(35-24)39-14-18-12-19(39)13-38(18)26-17(3)31-8-9-32-26/h6-11,16,18-19,33H,12-14H2,1-5H3,(H,36,40)/t16-,18-,19-/m1/s1. The van der Waals surface area contributed by atoms with Crippen LogP contribution in [0.4, 0.5) is 17.5 Å². The van der Waals surface area contributed by atoms with Crippen LogP contribution in [0.15, 0.2) is 41.5 Å². The molecule has 0 aliphatic carbocycles. The minimum Gasteiger partial charge on any atom is -0.377 e. The molecule has 6 rings (SSSR count). The van der Waals surface area contributed by atoms with E-state index in [1.54, 1.807) is 30.1 Å². The molecule has 13 nitrogen and oxygen atoms in total. The van der Waals surface area contributed by atoms with E-state index in [0.29, 0.717) is 23.4 Å². The Labute approximate surface area is 259 Å². The van der Waals surface area contributed by atoms with Gasteiger partial charge in [0.05, 0.1) is 46.7 Å². The van der Waals surface area contributed by atoms with Crippen LogP contribution in [0, 0.1) is 13.8 Å². The summed E-state index contributed by atoms with van der Waals surface area (Å²) in [4.78, 5) is 49.1. The summed E-state index contributed by atoms with van der Waals surface area (Å²) in [6, 6.07) is 6.75. The average Bonchev–Trinajstić information content (AvgIpc) is 3.56. The van der Waals surface area contributed by atoms with Gasteiger partial charge in [-0.25, -0.2) is 28.1 Å². The van der Waals surface area contributed by atoms with E-state index >= 15 is 0 Å². The number of aryl methyl sites for hydroxylation is 2. The van der Waals surface area contributed by atoms with Crippen molar-refractivity contribution in [1.82, 2.24) is 29.2 Å². The molecule has 2 aliphatic heterocycles. The van der Waals surface area contributed by atoms with E-state index in [-0.39, 0.29) is 34.2 Å². The molecule has 2 saturated heterocycles. The summed E-state index contributed by atoms with van der Waals surface area (Å²) >= 11 is 6.05. The number of carbonyl (C=O) groups excluding carboxylic acids is 1. The van der Waals surface area contributed by atoms with Gasteiger partial charge in [0.25, 0.3) is 11.5 Å². The Bertz CT molecular complexity index is 1980. The van der Waals surface area contributed by atoms with Crippen LogP contribution < -0.4 is 25.4 Å². The van der Waals surface area contributed by atoms with E-state index in [1.165, 1.54) is 6.07 Å². The highest BCUT2D eigenvalue weighted by molar-refractivity contribution is 7.89. The zero-order valence-electron chi connectivity index (χ0n) is 24.9. The Balaban J connectivity index is 1.36. The van der Waals surface area contributed by atoms with Crippen molar-refractivity contribution in [2.45, 2.75) is 45.3 Å². The predicted molar refractivity (Wildman–Crippen MR) is 169 cm³/mol. The molecule has 0 spiro atoms. The number of aromatic nitrogens is 5. The third-order valence-corrected chi connectivity index (χ3v) is 8.92. The number of nitrogens with zero attached hydrogens (tertiary/aromatic N) is 7. The summed E-state index contributed by atoms with van der Waals surface area (Å²) in [5, 5.41) is 3.77. The fraction of sp³-hybridized carbons (Fsp3) is 0.379. The highest BCUT2D eigenvalue weighted by atomic mass is 35.5. The molecular weight excluding hydrogens is 606 g/mol. The first-order valence-electron chi connectivity index (χ1n) is 14.1. The van der Waals surface area contributed by atoms with Crippen molar-refractivity contribution in [3.8, 4) is 0 Å². The Morgan fingerprint density at radius 2 is 1.77 bits per heavy atom. The van der Waals surface area contributed by atoms with Crippen LogP contribution in [-0.2, 0) is 17.1 Å². The Morgan fingerprint density at radius 3 is 2.45 bits per heavy atom. The Kier molecular flexibility index (Phi) is 7.44. The van der Waals surface area contributed by atoms with E-state index in [0.717, 1.165) is 41.9 Å². The van der Waals surface area contributed by atoms with Crippen molar-refractivity contribution in [3.63, 3.8) is 0 Å². The summed E-state index contributed by atoms with van der Waals surface area (Å²) in [5.74, 6) is 0.561. The molecule has 2 bridgehead atoms. The van der Waals surface area contributed by atoms with Crippen molar-refractivity contribution in [1.29, 1.82) is 0 Å². The maximum atomic E-state index is 13.8. The molecule has 4 aromatic rings. The minimum atomic E-state index is -3.83. The number of halogens is 1. The van der Waals surface area contributed by atoms with Crippen molar-refractivity contribution in [2.24, 2.45) is 7.05 Å². The number of fused-ring (bicyclic) bond motifs is 3. The molecule has 0 saturated carbocycles. The van der Waals surface area contributed by atoms with Gasteiger partial charge in [0, 0.05) is 38.1 Å². The van der Waals surface area contributed by atoms with E-state index in [1.807, 2.05) is 37.6 Å². The molecule has 3 aromatic heterocycles. The van der Waals surface area contributed by atoms with E-state index < -0.39 is 22.0 Å². The number of pyridine rings is 1. The lowest BCUT2D eigenvalue weighted by Crippen LogP contribution is -2.48. The topological polar surface area (TPSA) is 155 Å². The van der Waals surface area contributed by atoms with Crippen LogP contribution in [0.5, 0.6) is 0 Å². The first-order chi connectivity index (χ1) is 20.8. The zero-order valence-corrected chi connectivity index (χ0v) is 26.4. The fourth-order valence-corrected chi connectivity index (χ4v) is 6.82. The van der Waals surface area contributed by atoms with Crippen molar-refractivity contribution in [2.75, 3.05) is 34.5 Å². The molecule has 1 amide bonds. The third kappa shape index (κ3) is 5.43. The van der Waals surface area contributed by atoms with E-state index in [2.05, 4.69) is 30.1 Å². The van der Waals surface area contributed by atoms with Gasteiger partial charge in [-0.1, -0.05) is 17.7 Å². The molecule has 44 heavy (non-hydrogen) atoms. The van der Waals surface area contributed by atoms with Crippen molar-refractivity contribution >= 4 is 55.9 Å². The molecule has 2 fully saturated rings.